The van der Waals surface area contributed by atoms with Crippen LogP contribution in [0.2, 0.25) is 0 Å². The molecule has 1 spiro atoms. The van der Waals surface area contributed by atoms with Crippen molar-refractivity contribution in [1.29, 1.82) is 0 Å². The monoisotopic (exact) mass is 702 g/mol. The second-order valence-corrected chi connectivity index (χ2v) is 13.6. The van der Waals surface area contributed by atoms with Crippen molar-refractivity contribution in [3.8, 4) is 17.0 Å². The number of carbonyl (C=O) groups excluding carboxylic acids is 1. The van der Waals surface area contributed by atoms with Crippen LogP contribution in [0.25, 0.3) is 11.3 Å². The van der Waals surface area contributed by atoms with Crippen molar-refractivity contribution >= 4 is 36.6 Å². The van der Waals surface area contributed by atoms with Crippen molar-refractivity contribution < 1.29 is 41.1 Å². The van der Waals surface area contributed by atoms with Gasteiger partial charge in [0.25, 0.3) is 5.91 Å². The van der Waals surface area contributed by atoms with Crippen molar-refractivity contribution in [1.82, 2.24) is 30.0 Å². The van der Waals surface area contributed by atoms with Crippen LogP contribution in [-0.4, -0.2) is 70.7 Å². The highest BCUT2D eigenvalue weighted by molar-refractivity contribution is 7.53. The van der Waals surface area contributed by atoms with Gasteiger partial charge in [-0.3, -0.25) is 14.0 Å². The number of rotatable bonds is 5. The molecule has 3 aromatic heterocycles. The van der Waals surface area contributed by atoms with Gasteiger partial charge in [0, 0.05) is 24.5 Å². The second-order valence-electron chi connectivity index (χ2n) is 11.6. The first kappa shape index (κ1) is 34.3. The molecule has 1 amide bonds. The average Bonchev–Trinajstić information content (AvgIpc) is 3.51. The number of methoxy groups -OCH3 is 1. The van der Waals surface area contributed by atoms with Crippen LogP contribution in [0, 0.1) is 5.41 Å². The molecular formula is C31H34F3N8O6P. The Morgan fingerprint density at radius 2 is 1.90 bits per heavy atom. The van der Waals surface area contributed by atoms with E-state index < -0.39 is 36.5 Å². The summed E-state index contributed by atoms with van der Waals surface area (Å²) in [5.41, 5.74) is -0.0781. The summed E-state index contributed by atoms with van der Waals surface area (Å²) >= 11 is 0. The number of carbonyl (C=O) groups is 1. The molecule has 49 heavy (non-hydrogen) atoms. The minimum absolute atomic E-state index is 0.0113. The van der Waals surface area contributed by atoms with Crippen LogP contribution in [0.15, 0.2) is 48.9 Å². The number of hydrogen-bond donors (Lipinski definition) is 3. The number of pyridine rings is 1. The summed E-state index contributed by atoms with van der Waals surface area (Å²) in [6.07, 6.45) is -0.983. The van der Waals surface area contributed by atoms with Crippen LogP contribution in [0.4, 0.5) is 36.3 Å². The molecule has 3 N–H and O–H groups in total. The molecule has 1 fully saturated rings. The Labute approximate surface area is 279 Å². The predicted molar refractivity (Wildman–Crippen MR) is 172 cm³/mol. The molecule has 5 aliphatic heterocycles. The number of aromatic nitrogens is 5. The molecule has 1 unspecified atom stereocenters. The zero-order chi connectivity index (χ0) is 34.8. The van der Waals surface area contributed by atoms with Crippen molar-refractivity contribution in [3.63, 3.8) is 0 Å². The SMILES string of the molecule is CCNC(=O)c1nc2ccc1Nc1nc(ncc1C(F)(F)F)Nc1ccc(cc1OC)CP(=O)(OCC)OCC1(COC1)Cn1cc-2cn1. The lowest BCUT2D eigenvalue weighted by Gasteiger charge is -2.41. The Kier molecular flexibility index (Phi) is 9.62. The highest BCUT2D eigenvalue weighted by Gasteiger charge is 2.42. The predicted octanol–water partition coefficient (Wildman–Crippen LogP) is 5.78. The van der Waals surface area contributed by atoms with E-state index in [1.165, 1.54) is 13.2 Å². The van der Waals surface area contributed by atoms with Crippen molar-refractivity contribution in [2.75, 3.05) is 50.7 Å². The Bertz CT molecular complexity index is 1900. The Balaban J connectivity index is 1.48. The van der Waals surface area contributed by atoms with Crippen molar-refractivity contribution in [2.45, 2.75) is 32.7 Å². The molecule has 8 bridgehead atoms. The van der Waals surface area contributed by atoms with Gasteiger partial charge in [-0.2, -0.15) is 23.3 Å². The molecular weight excluding hydrogens is 668 g/mol. The fraction of sp³-hybridized carbons (Fsp3) is 0.387. The second kappa shape index (κ2) is 13.7. The molecule has 1 saturated heterocycles. The summed E-state index contributed by atoms with van der Waals surface area (Å²) in [6, 6.07) is 7.88. The van der Waals surface area contributed by atoms with Gasteiger partial charge in [-0.25, -0.2) is 9.97 Å². The fourth-order valence-electron chi connectivity index (χ4n) is 5.39. The van der Waals surface area contributed by atoms with E-state index in [2.05, 4.69) is 36.0 Å². The highest BCUT2D eigenvalue weighted by Crippen LogP contribution is 2.53. The van der Waals surface area contributed by atoms with Crippen LogP contribution in [0.3, 0.4) is 0 Å². The van der Waals surface area contributed by atoms with Crippen LogP contribution in [0.1, 0.15) is 35.5 Å². The molecule has 0 radical (unpaired) electrons. The van der Waals surface area contributed by atoms with E-state index in [0.717, 1.165) is 0 Å². The third-order valence-electron chi connectivity index (χ3n) is 7.82. The first-order valence-corrected chi connectivity index (χ1v) is 17.1. The summed E-state index contributed by atoms with van der Waals surface area (Å²) < 4.78 is 80.9. The maximum atomic E-state index is 14.2. The lowest BCUT2D eigenvalue weighted by molar-refractivity contribution is -0.142. The Morgan fingerprint density at radius 3 is 2.59 bits per heavy atom. The third kappa shape index (κ3) is 7.54. The minimum atomic E-state index is -4.83. The number of nitrogens with zero attached hydrogens (tertiary/aromatic N) is 5. The van der Waals surface area contributed by atoms with E-state index in [0.29, 0.717) is 48.5 Å². The van der Waals surface area contributed by atoms with Crippen LogP contribution in [-0.2, 0) is 37.2 Å². The van der Waals surface area contributed by atoms with Crippen molar-refractivity contribution in [2.24, 2.45) is 5.41 Å². The number of amides is 1. The molecule has 1 atom stereocenters. The molecule has 9 rings (SSSR count). The number of ether oxygens (including phenoxy) is 2. The first-order valence-electron chi connectivity index (χ1n) is 15.4. The summed E-state index contributed by atoms with van der Waals surface area (Å²) in [5, 5.41) is 12.7. The number of halogens is 3. The van der Waals surface area contributed by atoms with E-state index in [1.807, 2.05) is 0 Å². The molecule has 260 valence electrons. The smallest absolute Gasteiger partial charge is 0.421 e. The van der Waals surface area contributed by atoms with Crippen LogP contribution < -0.4 is 20.7 Å². The lowest BCUT2D eigenvalue weighted by Crippen LogP contribution is -2.49. The van der Waals surface area contributed by atoms with Gasteiger partial charge in [0.15, 0.2) is 5.69 Å². The van der Waals surface area contributed by atoms with E-state index in [1.54, 1.807) is 55.2 Å². The number of nitrogens with one attached hydrogen (secondary N) is 3. The summed E-state index contributed by atoms with van der Waals surface area (Å²) in [4.78, 5) is 25.7. The van der Waals surface area contributed by atoms with Gasteiger partial charge in [0.05, 0.1) is 74.9 Å². The number of benzene rings is 1. The zero-order valence-corrected chi connectivity index (χ0v) is 27.7. The van der Waals surface area contributed by atoms with Gasteiger partial charge in [-0.15, -0.1) is 0 Å². The van der Waals surface area contributed by atoms with Gasteiger partial charge in [0.2, 0.25) is 5.95 Å². The zero-order valence-electron chi connectivity index (χ0n) is 26.8. The van der Waals surface area contributed by atoms with Gasteiger partial charge in [-0.1, -0.05) is 6.07 Å². The van der Waals surface area contributed by atoms with Gasteiger partial charge in [0.1, 0.15) is 17.1 Å². The minimum Gasteiger partial charge on any atom is -0.495 e. The molecule has 0 aliphatic carbocycles. The van der Waals surface area contributed by atoms with Crippen LogP contribution >= 0.6 is 7.60 Å². The maximum Gasteiger partial charge on any atom is 0.421 e. The summed E-state index contributed by atoms with van der Waals surface area (Å²) in [7, 11) is -2.26. The highest BCUT2D eigenvalue weighted by atomic mass is 31.2. The normalized spacial score (nSPS) is 18.8. The molecule has 0 saturated carbocycles. The van der Waals surface area contributed by atoms with Gasteiger partial charge in [-0.05, 0) is 43.7 Å². The van der Waals surface area contributed by atoms with E-state index in [-0.39, 0.29) is 49.0 Å². The van der Waals surface area contributed by atoms with Gasteiger partial charge < -0.3 is 34.5 Å². The molecule has 1 aromatic carbocycles. The Hall–Kier alpha value is -4.57. The molecule has 14 nitrogen and oxygen atoms in total. The Morgan fingerprint density at radius 1 is 1.10 bits per heavy atom. The molecule has 18 heteroatoms. The van der Waals surface area contributed by atoms with E-state index in [4.69, 9.17) is 18.5 Å². The number of anilines is 4. The van der Waals surface area contributed by atoms with Gasteiger partial charge >= 0.3 is 13.8 Å². The lowest BCUT2D eigenvalue weighted by atomic mass is 9.87. The fourth-order valence-corrected chi connectivity index (χ4v) is 7.15. The van der Waals surface area contributed by atoms with Crippen LogP contribution in [0.5, 0.6) is 5.75 Å². The summed E-state index contributed by atoms with van der Waals surface area (Å²) in [6.45, 7) is 4.93. The maximum absolute atomic E-state index is 14.2. The molecule has 5 aliphatic rings. The standard InChI is InChI=1S/C31H34F3N8O6P/c1-4-35-28(43)26-24-9-8-22(38-26)20-11-37-42(13-20)15-30(16-46-17-30)18-48-49(44,47-5-2)14-19-6-7-23(25(10-19)45-3)40-29-36-12-21(31(32,33)34)27(39-24)41-29/h6-13H,4-5,14-18H2,1-3H3,(H,35,43)(H2,36,39,40,41). The quantitative estimate of drug-likeness (QED) is 0.215. The van der Waals surface area contributed by atoms with E-state index in [9.17, 15) is 22.5 Å². The topological polar surface area (TPSA) is 164 Å². The van der Waals surface area contributed by atoms with Crippen molar-refractivity contribution in [3.05, 3.63) is 65.7 Å². The number of hydrogen-bond acceptors (Lipinski definition) is 12. The number of alkyl halides is 3. The average molecular weight is 703 g/mol. The molecule has 8 heterocycles. The summed E-state index contributed by atoms with van der Waals surface area (Å²) in [5.74, 6) is -1.15. The van der Waals surface area contributed by atoms with E-state index >= 15 is 0 Å². The largest absolute Gasteiger partial charge is 0.495 e. The third-order valence-corrected chi connectivity index (χ3v) is 9.75. The first-order chi connectivity index (χ1) is 23.4. The molecule has 4 aromatic rings.